The largest absolute Gasteiger partial charge is 0.352 e. The Hall–Kier alpha value is -2.47. The van der Waals surface area contributed by atoms with Crippen molar-refractivity contribution in [1.29, 1.82) is 0 Å². The lowest BCUT2D eigenvalue weighted by atomic mass is 10.1. The summed E-state index contributed by atoms with van der Waals surface area (Å²) in [6.45, 7) is 0.459. The molecule has 6 heteroatoms. The zero-order valence-electron chi connectivity index (χ0n) is 12.2. The van der Waals surface area contributed by atoms with Gasteiger partial charge in [0.1, 0.15) is 0 Å². The van der Waals surface area contributed by atoms with E-state index >= 15 is 0 Å². The van der Waals surface area contributed by atoms with Gasteiger partial charge in [0.2, 0.25) is 5.91 Å². The summed E-state index contributed by atoms with van der Waals surface area (Å²) in [5.74, 6) is 0.0133. The minimum Gasteiger partial charge on any atom is -0.352 e. The predicted molar refractivity (Wildman–Crippen MR) is 86.3 cm³/mol. The quantitative estimate of drug-likeness (QED) is 0.787. The monoisotopic (exact) mass is 312 g/mol. The first kappa shape index (κ1) is 14.5. The molecule has 3 rings (SSSR count). The Morgan fingerprint density at radius 1 is 1.41 bits per heavy atom. The van der Waals surface area contributed by atoms with Crippen molar-refractivity contribution in [3.8, 4) is 11.3 Å². The van der Waals surface area contributed by atoms with E-state index in [4.69, 9.17) is 0 Å². The van der Waals surface area contributed by atoms with Gasteiger partial charge in [-0.05, 0) is 34.0 Å². The number of carbonyl (C=O) groups excluding carboxylic acids is 1. The Kier molecular flexibility index (Phi) is 4.29. The molecule has 0 unspecified atom stereocenters. The zero-order valence-corrected chi connectivity index (χ0v) is 13.0. The SMILES string of the molecule is Cn1cc(-c2ncccc2CNC(=O)Cc2ccsc2)cn1. The van der Waals surface area contributed by atoms with E-state index in [1.807, 2.05) is 42.2 Å². The van der Waals surface area contributed by atoms with Crippen LogP contribution in [0, 0.1) is 0 Å². The van der Waals surface area contributed by atoms with Crippen LogP contribution >= 0.6 is 11.3 Å². The van der Waals surface area contributed by atoms with Crippen LogP contribution in [0.2, 0.25) is 0 Å². The Morgan fingerprint density at radius 3 is 3.05 bits per heavy atom. The summed E-state index contributed by atoms with van der Waals surface area (Å²) < 4.78 is 1.74. The summed E-state index contributed by atoms with van der Waals surface area (Å²) in [6, 6.07) is 5.82. The summed E-state index contributed by atoms with van der Waals surface area (Å²) >= 11 is 1.60. The number of hydrogen-bond acceptors (Lipinski definition) is 4. The number of thiophene rings is 1. The molecular weight excluding hydrogens is 296 g/mol. The van der Waals surface area contributed by atoms with Gasteiger partial charge < -0.3 is 5.32 Å². The molecule has 0 saturated carbocycles. The Balaban J connectivity index is 1.69. The van der Waals surface area contributed by atoms with Gasteiger partial charge in [0.05, 0.1) is 18.3 Å². The number of aromatic nitrogens is 3. The van der Waals surface area contributed by atoms with E-state index in [1.165, 1.54) is 0 Å². The maximum Gasteiger partial charge on any atom is 0.224 e. The smallest absolute Gasteiger partial charge is 0.224 e. The third-order valence-corrected chi connectivity index (χ3v) is 4.02. The summed E-state index contributed by atoms with van der Waals surface area (Å²) in [7, 11) is 1.87. The lowest BCUT2D eigenvalue weighted by Crippen LogP contribution is -2.24. The Labute approximate surface area is 132 Å². The van der Waals surface area contributed by atoms with Gasteiger partial charge >= 0.3 is 0 Å². The topological polar surface area (TPSA) is 59.8 Å². The second-order valence-corrected chi connectivity index (χ2v) is 5.78. The molecule has 0 saturated heterocycles. The summed E-state index contributed by atoms with van der Waals surface area (Å²) in [5, 5.41) is 11.1. The van der Waals surface area contributed by atoms with E-state index < -0.39 is 0 Å². The van der Waals surface area contributed by atoms with E-state index in [0.29, 0.717) is 13.0 Å². The maximum absolute atomic E-state index is 12.0. The summed E-state index contributed by atoms with van der Waals surface area (Å²) in [6.07, 6.45) is 5.85. The average Bonchev–Trinajstić information content (AvgIpc) is 3.17. The molecule has 0 bridgehead atoms. The van der Waals surface area contributed by atoms with E-state index in [1.54, 1.807) is 28.4 Å². The molecular formula is C16H16N4OS. The number of nitrogens with zero attached hydrogens (tertiary/aromatic N) is 3. The second-order valence-electron chi connectivity index (χ2n) is 5.00. The third kappa shape index (κ3) is 3.40. The molecule has 1 N–H and O–H groups in total. The third-order valence-electron chi connectivity index (χ3n) is 3.29. The van der Waals surface area contributed by atoms with Crippen molar-refractivity contribution in [2.24, 2.45) is 7.05 Å². The number of nitrogens with one attached hydrogen (secondary N) is 1. The molecule has 0 atom stereocenters. The standard InChI is InChI=1S/C16H16N4OS/c1-20-10-14(9-19-20)16-13(3-2-5-17-16)8-18-15(21)7-12-4-6-22-11-12/h2-6,9-11H,7-8H2,1H3,(H,18,21). The number of aryl methyl sites for hydroxylation is 1. The first-order valence-electron chi connectivity index (χ1n) is 6.93. The van der Waals surface area contributed by atoms with Crippen molar-refractivity contribution in [3.05, 3.63) is 58.7 Å². The van der Waals surface area contributed by atoms with Crippen molar-refractivity contribution in [2.45, 2.75) is 13.0 Å². The van der Waals surface area contributed by atoms with Gasteiger partial charge in [-0.2, -0.15) is 16.4 Å². The fourth-order valence-electron chi connectivity index (χ4n) is 2.22. The summed E-state index contributed by atoms with van der Waals surface area (Å²) in [4.78, 5) is 16.4. The van der Waals surface area contributed by atoms with Crippen molar-refractivity contribution >= 4 is 17.2 Å². The van der Waals surface area contributed by atoms with Crippen molar-refractivity contribution in [1.82, 2.24) is 20.1 Å². The second kappa shape index (κ2) is 6.53. The van der Waals surface area contributed by atoms with Crippen LogP contribution in [0.3, 0.4) is 0 Å². The predicted octanol–water partition coefficient (Wildman–Crippen LogP) is 2.40. The first-order chi connectivity index (χ1) is 10.7. The van der Waals surface area contributed by atoms with E-state index in [0.717, 1.165) is 22.4 Å². The van der Waals surface area contributed by atoms with Crippen LogP contribution in [0.25, 0.3) is 11.3 Å². The van der Waals surface area contributed by atoms with E-state index in [-0.39, 0.29) is 5.91 Å². The molecule has 1 amide bonds. The molecule has 3 aromatic heterocycles. The molecule has 0 aliphatic carbocycles. The van der Waals surface area contributed by atoms with E-state index in [2.05, 4.69) is 15.4 Å². The lowest BCUT2D eigenvalue weighted by Gasteiger charge is -2.08. The van der Waals surface area contributed by atoms with Gasteiger partial charge in [-0.25, -0.2) is 0 Å². The van der Waals surface area contributed by atoms with Crippen LogP contribution < -0.4 is 5.32 Å². The van der Waals surface area contributed by atoms with Crippen molar-refractivity contribution in [2.75, 3.05) is 0 Å². The van der Waals surface area contributed by atoms with Crippen LogP contribution in [0.4, 0.5) is 0 Å². The van der Waals surface area contributed by atoms with Gasteiger partial charge in [0.25, 0.3) is 0 Å². The molecule has 112 valence electrons. The van der Waals surface area contributed by atoms with Crippen LogP contribution in [-0.2, 0) is 24.8 Å². The van der Waals surface area contributed by atoms with Crippen molar-refractivity contribution < 1.29 is 4.79 Å². The van der Waals surface area contributed by atoms with Crippen molar-refractivity contribution in [3.63, 3.8) is 0 Å². The van der Waals surface area contributed by atoms with E-state index in [9.17, 15) is 4.79 Å². The normalized spacial score (nSPS) is 10.6. The molecule has 0 fully saturated rings. The summed E-state index contributed by atoms with van der Waals surface area (Å²) in [5.41, 5.74) is 3.83. The van der Waals surface area contributed by atoms with Gasteiger partial charge in [-0.15, -0.1) is 0 Å². The highest BCUT2D eigenvalue weighted by Gasteiger charge is 2.10. The number of rotatable bonds is 5. The molecule has 0 radical (unpaired) electrons. The molecule has 3 aromatic rings. The number of carbonyl (C=O) groups is 1. The number of hydrogen-bond donors (Lipinski definition) is 1. The highest BCUT2D eigenvalue weighted by molar-refractivity contribution is 7.07. The molecule has 0 spiro atoms. The average molecular weight is 312 g/mol. The number of amides is 1. The fraction of sp³-hybridized carbons (Fsp3) is 0.188. The van der Waals surface area contributed by atoms with Crippen LogP contribution in [0.1, 0.15) is 11.1 Å². The highest BCUT2D eigenvalue weighted by atomic mass is 32.1. The Bertz CT molecular complexity index is 764. The minimum atomic E-state index is 0.0133. The van der Waals surface area contributed by atoms with Gasteiger partial charge in [-0.1, -0.05) is 6.07 Å². The van der Waals surface area contributed by atoms with Crippen LogP contribution in [0.15, 0.2) is 47.5 Å². The maximum atomic E-state index is 12.0. The zero-order chi connectivity index (χ0) is 15.4. The molecule has 0 aliphatic heterocycles. The van der Waals surface area contributed by atoms with Gasteiger partial charge in [0.15, 0.2) is 0 Å². The minimum absolute atomic E-state index is 0.0133. The molecule has 3 heterocycles. The lowest BCUT2D eigenvalue weighted by molar-refractivity contribution is -0.120. The first-order valence-corrected chi connectivity index (χ1v) is 7.87. The molecule has 5 nitrogen and oxygen atoms in total. The Morgan fingerprint density at radius 2 is 2.32 bits per heavy atom. The van der Waals surface area contributed by atoms with Gasteiger partial charge in [0, 0.05) is 31.5 Å². The molecule has 22 heavy (non-hydrogen) atoms. The molecule has 0 aliphatic rings. The van der Waals surface area contributed by atoms with Crippen LogP contribution in [-0.4, -0.2) is 20.7 Å². The van der Waals surface area contributed by atoms with Gasteiger partial charge in [-0.3, -0.25) is 14.5 Å². The number of pyridine rings is 1. The molecule has 0 aromatic carbocycles. The van der Waals surface area contributed by atoms with Crippen LogP contribution in [0.5, 0.6) is 0 Å². The fourth-order valence-corrected chi connectivity index (χ4v) is 2.89. The highest BCUT2D eigenvalue weighted by Crippen LogP contribution is 2.20.